The van der Waals surface area contributed by atoms with Gasteiger partial charge in [-0.05, 0) is 42.3 Å². The van der Waals surface area contributed by atoms with Crippen molar-refractivity contribution in [1.29, 1.82) is 0 Å². The van der Waals surface area contributed by atoms with Crippen molar-refractivity contribution < 1.29 is 0 Å². The van der Waals surface area contributed by atoms with E-state index in [1.807, 2.05) is 12.1 Å². The number of unbranched alkanes of at least 4 members (excludes halogenated alkanes) is 2. The topological polar surface area (TPSA) is 49.3 Å². The monoisotopic (exact) mass is 292 g/mol. The maximum Gasteiger partial charge on any atom is 0.186 e. The summed E-state index contributed by atoms with van der Waals surface area (Å²) in [7, 11) is 0. The van der Waals surface area contributed by atoms with Gasteiger partial charge < -0.3 is 5.32 Å². The first-order valence-corrected chi connectivity index (χ1v) is 7.60. The molecule has 0 unspecified atom stereocenters. The zero-order valence-corrected chi connectivity index (χ0v) is 13.1. The standard InChI is InChI=1S/C15H24N4S/c1-3-4-5-6-13(2)11-17-15(20)19-18-12-14-7-9-16-10-8-14/h7-10,12-13H,3-6,11H2,1-2H3,(H2,17,19,20)/b18-12-/t13-/m1/s1. The van der Waals surface area contributed by atoms with E-state index in [0.717, 1.165) is 12.1 Å². The van der Waals surface area contributed by atoms with Gasteiger partial charge in [-0.25, -0.2) is 0 Å². The number of nitrogens with zero attached hydrogens (tertiary/aromatic N) is 2. The first-order valence-electron chi connectivity index (χ1n) is 7.19. The van der Waals surface area contributed by atoms with Crippen LogP contribution in [0.3, 0.4) is 0 Å². The summed E-state index contributed by atoms with van der Waals surface area (Å²) in [5, 5.41) is 7.85. The molecule has 1 rings (SSSR count). The van der Waals surface area contributed by atoms with Crippen molar-refractivity contribution in [2.24, 2.45) is 11.0 Å². The highest BCUT2D eigenvalue weighted by Crippen LogP contribution is 2.07. The van der Waals surface area contributed by atoms with Gasteiger partial charge >= 0.3 is 0 Å². The number of nitrogens with one attached hydrogen (secondary N) is 2. The molecule has 0 radical (unpaired) electrons. The molecule has 2 N–H and O–H groups in total. The van der Waals surface area contributed by atoms with Crippen molar-refractivity contribution in [3.05, 3.63) is 30.1 Å². The molecule has 20 heavy (non-hydrogen) atoms. The van der Waals surface area contributed by atoms with Crippen LogP contribution in [0.25, 0.3) is 0 Å². The van der Waals surface area contributed by atoms with Gasteiger partial charge in [-0.3, -0.25) is 10.4 Å². The van der Waals surface area contributed by atoms with Gasteiger partial charge in [-0.15, -0.1) is 0 Å². The number of pyridine rings is 1. The summed E-state index contributed by atoms with van der Waals surface area (Å²) in [6.07, 6.45) is 10.3. The Morgan fingerprint density at radius 2 is 2.15 bits per heavy atom. The molecule has 0 saturated carbocycles. The Morgan fingerprint density at radius 3 is 2.85 bits per heavy atom. The zero-order valence-electron chi connectivity index (χ0n) is 12.3. The molecule has 1 aromatic rings. The second-order valence-corrected chi connectivity index (χ2v) is 5.37. The average Bonchev–Trinajstić information content (AvgIpc) is 2.46. The lowest BCUT2D eigenvalue weighted by Gasteiger charge is -2.13. The molecule has 1 aromatic heterocycles. The summed E-state index contributed by atoms with van der Waals surface area (Å²) in [5.74, 6) is 0.630. The predicted octanol–water partition coefficient (Wildman–Crippen LogP) is 3.10. The van der Waals surface area contributed by atoms with Crippen LogP contribution in [0, 0.1) is 5.92 Å². The Morgan fingerprint density at radius 1 is 1.40 bits per heavy atom. The van der Waals surface area contributed by atoms with Crippen LogP contribution in [0.5, 0.6) is 0 Å². The molecule has 1 heterocycles. The van der Waals surface area contributed by atoms with E-state index in [1.54, 1.807) is 18.6 Å². The Kier molecular flexibility index (Phi) is 8.54. The lowest BCUT2D eigenvalue weighted by atomic mass is 10.0. The summed E-state index contributed by atoms with van der Waals surface area (Å²) in [6.45, 7) is 5.36. The highest BCUT2D eigenvalue weighted by molar-refractivity contribution is 7.80. The minimum atomic E-state index is 0.567. The van der Waals surface area contributed by atoms with Gasteiger partial charge in [0.15, 0.2) is 5.11 Å². The Balaban J connectivity index is 2.15. The second-order valence-electron chi connectivity index (χ2n) is 4.96. The SMILES string of the molecule is CCCCC[C@@H](C)CNC(=S)N/N=C\c1ccncc1. The lowest BCUT2D eigenvalue weighted by Crippen LogP contribution is -2.35. The van der Waals surface area contributed by atoms with Crippen molar-refractivity contribution in [2.75, 3.05) is 6.54 Å². The van der Waals surface area contributed by atoms with Crippen LogP contribution >= 0.6 is 12.2 Å². The summed E-state index contributed by atoms with van der Waals surface area (Å²) in [4.78, 5) is 3.95. The number of hydrogen-bond donors (Lipinski definition) is 2. The van der Waals surface area contributed by atoms with Gasteiger partial charge in [0.1, 0.15) is 0 Å². The van der Waals surface area contributed by atoms with Crippen molar-refractivity contribution in [1.82, 2.24) is 15.7 Å². The van der Waals surface area contributed by atoms with Crippen LogP contribution < -0.4 is 10.7 Å². The van der Waals surface area contributed by atoms with Crippen molar-refractivity contribution in [3.63, 3.8) is 0 Å². The van der Waals surface area contributed by atoms with E-state index < -0.39 is 0 Å². The van der Waals surface area contributed by atoms with Gasteiger partial charge in [0.05, 0.1) is 6.21 Å². The molecule has 0 bridgehead atoms. The minimum Gasteiger partial charge on any atom is -0.361 e. The van der Waals surface area contributed by atoms with Crippen LogP contribution in [0.15, 0.2) is 29.6 Å². The fraction of sp³-hybridized carbons (Fsp3) is 0.533. The molecule has 0 aliphatic rings. The number of aromatic nitrogens is 1. The van der Waals surface area contributed by atoms with E-state index >= 15 is 0 Å². The van der Waals surface area contributed by atoms with Gasteiger partial charge in [0.25, 0.3) is 0 Å². The molecular weight excluding hydrogens is 268 g/mol. The van der Waals surface area contributed by atoms with Crippen LogP contribution in [-0.4, -0.2) is 22.9 Å². The van der Waals surface area contributed by atoms with Crippen LogP contribution in [0.2, 0.25) is 0 Å². The fourth-order valence-corrected chi connectivity index (χ4v) is 1.90. The molecule has 0 saturated heterocycles. The van der Waals surface area contributed by atoms with E-state index in [0.29, 0.717) is 11.0 Å². The Hall–Kier alpha value is -1.49. The molecule has 0 aliphatic heterocycles. The Labute approximate surface area is 127 Å². The smallest absolute Gasteiger partial charge is 0.186 e. The highest BCUT2D eigenvalue weighted by Gasteiger charge is 2.02. The van der Waals surface area contributed by atoms with Crippen LogP contribution in [0.1, 0.15) is 45.1 Å². The third-order valence-corrected chi connectivity index (χ3v) is 3.23. The van der Waals surface area contributed by atoms with E-state index in [1.165, 1.54) is 25.7 Å². The maximum atomic E-state index is 5.17. The summed E-state index contributed by atoms with van der Waals surface area (Å²) in [6, 6.07) is 3.77. The first-order chi connectivity index (χ1) is 9.72. The average molecular weight is 292 g/mol. The zero-order chi connectivity index (χ0) is 14.6. The molecule has 4 nitrogen and oxygen atoms in total. The van der Waals surface area contributed by atoms with Gasteiger partial charge in [0.2, 0.25) is 0 Å². The fourth-order valence-electron chi connectivity index (χ4n) is 1.77. The summed E-state index contributed by atoms with van der Waals surface area (Å²) >= 11 is 5.17. The number of rotatable bonds is 8. The van der Waals surface area contributed by atoms with Crippen LogP contribution in [-0.2, 0) is 0 Å². The molecular formula is C15H24N4S. The van der Waals surface area contributed by atoms with E-state index in [2.05, 4.69) is 34.7 Å². The van der Waals surface area contributed by atoms with Crippen LogP contribution in [0.4, 0.5) is 0 Å². The predicted molar refractivity (Wildman–Crippen MR) is 88.9 cm³/mol. The molecule has 0 amide bonds. The lowest BCUT2D eigenvalue weighted by molar-refractivity contribution is 0.487. The van der Waals surface area contributed by atoms with Crippen molar-refractivity contribution >= 4 is 23.5 Å². The normalized spacial score (nSPS) is 12.3. The number of thiocarbonyl (C=S) groups is 1. The largest absolute Gasteiger partial charge is 0.361 e. The second kappa shape index (κ2) is 10.3. The van der Waals surface area contributed by atoms with Crippen molar-refractivity contribution in [2.45, 2.75) is 39.5 Å². The molecule has 1 atom stereocenters. The molecule has 0 spiro atoms. The Bertz CT molecular complexity index is 406. The maximum absolute atomic E-state index is 5.17. The molecule has 110 valence electrons. The van der Waals surface area contributed by atoms with Gasteiger partial charge in [-0.2, -0.15) is 5.10 Å². The first kappa shape index (κ1) is 16.6. The minimum absolute atomic E-state index is 0.567. The number of hydrogen-bond acceptors (Lipinski definition) is 3. The van der Waals surface area contributed by atoms with Gasteiger partial charge in [-0.1, -0.05) is 33.1 Å². The summed E-state index contributed by atoms with van der Waals surface area (Å²) < 4.78 is 0. The number of hydrazone groups is 1. The van der Waals surface area contributed by atoms with E-state index in [9.17, 15) is 0 Å². The third kappa shape index (κ3) is 7.84. The van der Waals surface area contributed by atoms with Crippen molar-refractivity contribution in [3.8, 4) is 0 Å². The molecule has 0 fully saturated rings. The third-order valence-electron chi connectivity index (χ3n) is 3.00. The van der Waals surface area contributed by atoms with E-state index in [4.69, 9.17) is 12.2 Å². The van der Waals surface area contributed by atoms with Gasteiger partial charge in [0, 0.05) is 18.9 Å². The molecule has 0 aromatic carbocycles. The van der Waals surface area contributed by atoms with E-state index in [-0.39, 0.29) is 0 Å². The highest BCUT2D eigenvalue weighted by atomic mass is 32.1. The molecule has 0 aliphatic carbocycles. The summed E-state index contributed by atoms with van der Waals surface area (Å²) in [5.41, 5.74) is 3.81. The molecule has 5 heteroatoms. The quantitative estimate of drug-likeness (QED) is 0.334.